The van der Waals surface area contributed by atoms with Crippen LogP contribution in [0.4, 0.5) is 0 Å². The fourth-order valence-electron chi connectivity index (χ4n) is 2.50. The first-order valence-electron chi connectivity index (χ1n) is 6.99. The first-order chi connectivity index (χ1) is 10.5. The molecule has 0 radical (unpaired) electrons. The summed E-state index contributed by atoms with van der Waals surface area (Å²) in [6.07, 6.45) is -4.85. The molecule has 1 fully saturated rings. The monoisotopic (exact) mass is 315 g/mol. The van der Waals surface area contributed by atoms with Crippen LogP contribution >= 0.6 is 0 Å². The van der Waals surface area contributed by atoms with Crippen LogP contribution in [0.2, 0.25) is 0 Å². The molecule has 1 unspecified atom stereocenters. The number of nitrogens with one attached hydrogen (secondary N) is 1. The maximum atomic E-state index is 9.95. The van der Waals surface area contributed by atoms with Crippen LogP contribution in [0.1, 0.15) is 5.56 Å². The Hall–Kier alpha value is -1.42. The highest BCUT2D eigenvalue weighted by Crippen LogP contribution is 2.26. The van der Waals surface area contributed by atoms with Crippen LogP contribution in [0.5, 0.6) is 11.5 Å². The zero-order valence-electron chi connectivity index (χ0n) is 11.8. The van der Waals surface area contributed by atoms with Crippen molar-refractivity contribution in [3.8, 4) is 11.5 Å². The van der Waals surface area contributed by atoms with E-state index >= 15 is 0 Å². The zero-order valence-corrected chi connectivity index (χ0v) is 11.8. The number of ether oxygens (including phenoxy) is 1. The predicted octanol–water partition coefficient (Wildman–Crippen LogP) is -1.97. The third-order valence-corrected chi connectivity index (χ3v) is 3.78. The molecule has 0 aromatic heterocycles. The fraction of sp³-hybridized carbons (Fsp3) is 0.571. The summed E-state index contributed by atoms with van der Waals surface area (Å²) in [5, 5.41) is 60.6. The van der Waals surface area contributed by atoms with Gasteiger partial charge in [0.2, 0.25) is 0 Å². The lowest BCUT2D eigenvalue weighted by atomic mass is 9.97. The van der Waals surface area contributed by atoms with E-state index in [1.165, 1.54) is 18.2 Å². The molecular weight excluding hydrogens is 294 g/mol. The Morgan fingerprint density at radius 2 is 1.68 bits per heavy atom. The van der Waals surface area contributed by atoms with E-state index in [0.29, 0.717) is 5.56 Å². The van der Waals surface area contributed by atoms with E-state index in [-0.39, 0.29) is 24.5 Å². The topological polar surface area (TPSA) is 143 Å². The SMILES string of the molecule is OC[C@H]1OC(O)[C@H](NCCc2c(O)cccc2O)[C@@H](O)[C@H]1O. The van der Waals surface area contributed by atoms with Crippen LogP contribution < -0.4 is 5.32 Å². The Morgan fingerprint density at radius 3 is 2.27 bits per heavy atom. The van der Waals surface area contributed by atoms with Crippen LogP contribution in [0.3, 0.4) is 0 Å². The van der Waals surface area contributed by atoms with Gasteiger partial charge in [-0.1, -0.05) is 6.07 Å². The Kier molecular flexibility index (Phi) is 5.57. The molecule has 8 heteroatoms. The lowest BCUT2D eigenvalue weighted by molar-refractivity contribution is -0.254. The second kappa shape index (κ2) is 7.23. The molecule has 1 aliphatic heterocycles. The molecule has 2 rings (SSSR count). The van der Waals surface area contributed by atoms with Crippen molar-refractivity contribution in [2.75, 3.05) is 13.2 Å². The Balaban J connectivity index is 1.94. The lowest BCUT2D eigenvalue weighted by Gasteiger charge is -2.40. The fourth-order valence-corrected chi connectivity index (χ4v) is 2.50. The third-order valence-electron chi connectivity index (χ3n) is 3.78. The predicted molar refractivity (Wildman–Crippen MR) is 75.2 cm³/mol. The number of benzene rings is 1. The van der Waals surface area contributed by atoms with E-state index in [1.807, 2.05) is 0 Å². The van der Waals surface area contributed by atoms with E-state index in [9.17, 15) is 25.5 Å². The molecule has 1 heterocycles. The standard InChI is InChI=1S/C14H21NO7/c16-6-10-12(19)13(20)11(14(21)22-10)15-5-4-7-8(17)2-1-3-9(7)18/h1-3,10-21H,4-6H2/t10-,11-,12+,13-,14?/m1/s1. The Labute approximate surface area is 127 Å². The van der Waals surface area contributed by atoms with Gasteiger partial charge in [-0.3, -0.25) is 0 Å². The summed E-state index contributed by atoms with van der Waals surface area (Å²) in [7, 11) is 0. The van der Waals surface area contributed by atoms with Crippen LogP contribution in [-0.2, 0) is 11.2 Å². The van der Waals surface area contributed by atoms with Crippen LogP contribution in [-0.4, -0.2) is 74.4 Å². The van der Waals surface area contributed by atoms with Crippen molar-refractivity contribution in [1.29, 1.82) is 0 Å². The highest BCUT2D eigenvalue weighted by Gasteiger charge is 2.43. The molecule has 0 saturated carbocycles. The number of hydrogen-bond acceptors (Lipinski definition) is 8. The Morgan fingerprint density at radius 1 is 1.05 bits per heavy atom. The van der Waals surface area contributed by atoms with E-state index in [4.69, 9.17) is 9.84 Å². The minimum absolute atomic E-state index is 0.0526. The number of aromatic hydroxyl groups is 2. The van der Waals surface area contributed by atoms with Gasteiger partial charge in [0.25, 0.3) is 0 Å². The summed E-state index contributed by atoms with van der Waals surface area (Å²) >= 11 is 0. The molecular formula is C14H21NO7. The van der Waals surface area contributed by atoms with E-state index in [2.05, 4.69) is 5.32 Å². The minimum atomic E-state index is -1.39. The molecule has 1 aromatic carbocycles. The first kappa shape index (κ1) is 16.9. The van der Waals surface area contributed by atoms with Gasteiger partial charge in [-0.05, 0) is 25.1 Å². The second-order valence-corrected chi connectivity index (χ2v) is 5.23. The summed E-state index contributed by atoms with van der Waals surface area (Å²) in [4.78, 5) is 0. The van der Waals surface area contributed by atoms with Crippen molar-refractivity contribution in [1.82, 2.24) is 5.32 Å². The molecule has 0 amide bonds. The summed E-state index contributed by atoms with van der Waals surface area (Å²) in [6.45, 7) is -0.308. The molecule has 1 aliphatic rings. The molecule has 1 aromatic rings. The van der Waals surface area contributed by atoms with Gasteiger partial charge in [0.05, 0.1) is 12.6 Å². The smallest absolute Gasteiger partial charge is 0.173 e. The number of aliphatic hydroxyl groups excluding tert-OH is 4. The maximum Gasteiger partial charge on any atom is 0.173 e. The quantitative estimate of drug-likeness (QED) is 0.332. The molecule has 7 N–H and O–H groups in total. The Bertz CT molecular complexity index is 478. The number of aliphatic hydroxyl groups is 4. The third kappa shape index (κ3) is 3.49. The largest absolute Gasteiger partial charge is 0.508 e. The summed E-state index contributed by atoms with van der Waals surface area (Å²) in [5.41, 5.74) is 0.337. The summed E-state index contributed by atoms with van der Waals surface area (Å²) in [6, 6.07) is 3.44. The average Bonchev–Trinajstić information content (AvgIpc) is 2.49. The summed E-state index contributed by atoms with van der Waals surface area (Å²) < 4.78 is 5.02. The molecule has 0 bridgehead atoms. The maximum absolute atomic E-state index is 9.95. The summed E-state index contributed by atoms with van der Waals surface area (Å²) in [5.74, 6) is -0.105. The lowest BCUT2D eigenvalue weighted by Crippen LogP contribution is -2.63. The van der Waals surface area contributed by atoms with E-state index in [1.54, 1.807) is 0 Å². The van der Waals surface area contributed by atoms with Crippen molar-refractivity contribution >= 4 is 0 Å². The molecule has 22 heavy (non-hydrogen) atoms. The van der Waals surface area contributed by atoms with Gasteiger partial charge >= 0.3 is 0 Å². The van der Waals surface area contributed by atoms with Crippen LogP contribution in [0.15, 0.2) is 18.2 Å². The van der Waals surface area contributed by atoms with Crippen molar-refractivity contribution in [3.05, 3.63) is 23.8 Å². The molecule has 5 atom stereocenters. The number of phenolic OH excluding ortho intramolecular Hbond substituents is 2. The van der Waals surface area contributed by atoms with Gasteiger partial charge < -0.3 is 40.7 Å². The highest BCUT2D eigenvalue weighted by molar-refractivity contribution is 5.43. The molecule has 1 saturated heterocycles. The van der Waals surface area contributed by atoms with Gasteiger partial charge in [-0.2, -0.15) is 0 Å². The minimum Gasteiger partial charge on any atom is -0.508 e. The normalized spacial score (nSPS) is 32.1. The molecule has 8 nitrogen and oxygen atoms in total. The van der Waals surface area contributed by atoms with Gasteiger partial charge in [0, 0.05) is 5.56 Å². The van der Waals surface area contributed by atoms with E-state index in [0.717, 1.165) is 0 Å². The van der Waals surface area contributed by atoms with Crippen molar-refractivity contribution in [2.24, 2.45) is 0 Å². The van der Waals surface area contributed by atoms with Gasteiger partial charge in [0.15, 0.2) is 6.29 Å². The van der Waals surface area contributed by atoms with Crippen LogP contribution in [0.25, 0.3) is 0 Å². The van der Waals surface area contributed by atoms with Crippen molar-refractivity contribution < 1.29 is 35.4 Å². The van der Waals surface area contributed by atoms with Crippen molar-refractivity contribution in [3.63, 3.8) is 0 Å². The average molecular weight is 315 g/mol. The van der Waals surface area contributed by atoms with Crippen molar-refractivity contribution in [2.45, 2.75) is 37.1 Å². The van der Waals surface area contributed by atoms with E-state index < -0.39 is 37.3 Å². The second-order valence-electron chi connectivity index (χ2n) is 5.23. The molecule has 0 aliphatic carbocycles. The van der Waals surface area contributed by atoms with Crippen LogP contribution in [0, 0.1) is 0 Å². The van der Waals surface area contributed by atoms with Gasteiger partial charge in [0.1, 0.15) is 29.8 Å². The van der Waals surface area contributed by atoms with Gasteiger partial charge in [-0.15, -0.1) is 0 Å². The number of hydrogen-bond donors (Lipinski definition) is 7. The molecule has 124 valence electrons. The van der Waals surface area contributed by atoms with Gasteiger partial charge in [-0.25, -0.2) is 0 Å². The highest BCUT2D eigenvalue weighted by atomic mass is 16.6. The zero-order chi connectivity index (χ0) is 16.3. The number of rotatable bonds is 5. The first-order valence-corrected chi connectivity index (χ1v) is 6.99. The number of phenols is 2. The molecule has 0 spiro atoms.